The van der Waals surface area contributed by atoms with Crippen molar-refractivity contribution in [3.63, 3.8) is 0 Å². The molecule has 0 aliphatic carbocycles. The third-order valence-electron chi connectivity index (χ3n) is 5.83. The summed E-state index contributed by atoms with van der Waals surface area (Å²) in [4.78, 5) is 27.6. The quantitative estimate of drug-likeness (QED) is 0.414. The molecule has 2 rings (SSSR count). The molecule has 1 unspecified atom stereocenters. The van der Waals surface area contributed by atoms with Crippen LogP contribution in [-0.2, 0) is 26.0 Å². The maximum absolute atomic E-state index is 13.3. The Labute approximate surface area is 215 Å². The van der Waals surface area contributed by atoms with E-state index in [2.05, 4.69) is 5.32 Å². The molecule has 2 aromatic rings. The molecule has 1 atom stereocenters. The summed E-state index contributed by atoms with van der Waals surface area (Å²) in [6.07, 6.45) is 2.19. The van der Waals surface area contributed by atoms with Crippen LogP contribution in [0, 0.1) is 5.92 Å². The van der Waals surface area contributed by atoms with Gasteiger partial charge in [0.25, 0.3) is 0 Å². The van der Waals surface area contributed by atoms with E-state index in [1.807, 2.05) is 44.2 Å². The fraction of sp³-hybridized carbons (Fsp3) is 0.481. The minimum atomic E-state index is -3.56. The van der Waals surface area contributed by atoms with E-state index in [0.29, 0.717) is 43.3 Å². The number of sulfonamides is 1. The predicted molar refractivity (Wildman–Crippen MR) is 144 cm³/mol. The third-order valence-corrected chi connectivity index (χ3v) is 7.02. The van der Waals surface area contributed by atoms with Gasteiger partial charge in [-0.1, -0.05) is 50.2 Å². The van der Waals surface area contributed by atoms with Crippen molar-refractivity contribution in [3.05, 3.63) is 60.2 Å². The number of nitrogens with one attached hydrogen (secondary N) is 1. The first-order valence-corrected chi connectivity index (χ1v) is 14.1. The predicted octanol–water partition coefficient (Wildman–Crippen LogP) is 3.47. The molecular weight excluding hydrogens is 478 g/mol. The van der Waals surface area contributed by atoms with Gasteiger partial charge in [0.15, 0.2) is 0 Å². The zero-order chi connectivity index (χ0) is 26.7. The Kier molecular flexibility index (Phi) is 11.2. The van der Waals surface area contributed by atoms with Crippen LogP contribution in [-0.4, -0.2) is 64.2 Å². The van der Waals surface area contributed by atoms with Crippen LogP contribution in [0.25, 0.3) is 0 Å². The van der Waals surface area contributed by atoms with Crippen LogP contribution < -0.4 is 14.4 Å². The highest BCUT2D eigenvalue weighted by atomic mass is 32.2. The maximum atomic E-state index is 13.3. The fourth-order valence-electron chi connectivity index (χ4n) is 3.79. The molecule has 0 aliphatic heterocycles. The topological polar surface area (TPSA) is 96.0 Å². The van der Waals surface area contributed by atoms with Crippen molar-refractivity contribution in [2.24, 2.45) is 5.92 Å². The maximum Gasteiger partial charge on any atom is 0.242 e. The van der Waals surface area contributed by atoms with Crippen molar-refractivity contribution >= 4 is 27.5 Å². The number of carbonyl (C=O) groups is 2. The number of benzene rings is 2. The summed E-state index contributed by atoms with van der Waals surface area (Å²) in [6.45, 7) is 6.83. The van der Waals surface area contributed by atoms with E-state index in [4.69, 9.17) is 4.74 Å². The van der Waals surface area contributed by atoms with Gasteiger partial charge >= 0.3 is 0 Å². The molecule has 36 heavy (non-hydrogen) atoms. The van der Waals surface area contributed by atoms with Gasteiger partial charge in [0.05, 0.1) is 19.1 Å². The molecule has 0 aromatic heterocycles. The number of ether oxygens (including phenoxy) is 1. The average molecular weight is 518 g/mol. The molecular formula is C27H39N3O5S. The molecule has 0 aliphatic rings. The van der Waals surface area contributed by atoms with Crippen molar-refractivity contribution in [2.45, 2.75) is 46.1 Å². The van der Waals surface area contributed by atoms with Gasteiger partial charge in [-0.25, -0.2) is 8.42 Å². The molecule has 1 N–H and O–H groups in total. The van der Waals surface area contributed by atoms with Gasteiger partial charge in [0, 0.05) is 32.1 Å². The number of anilines is 1. The van der Waals surface area contributed by atoms with Crippen LogP contribution in [0.2, 0.25) is 0 Å². The highest BCUT2D eigenvalue weighted by molar-refractivity contribution is 7.92. The Morgan fingerprint density at radius 3 is 2.31 bits per heavy atom. The smallest absolute Gasteiger partial charge is 0.242 e. The lowest BCUT2D eigenvalue weighted by Crippen LogP contribution is -2.49. The summed E-state index contributed by atoms with van der Waals surface area (Å²) in [6, 6.07) is 16.0. The normalized spacial score (nSPS) is 12.2. The van der Waals surface area contributed by atoms with Gasteiger partial charge < -0.3 is 15.0 Å². The summed E-state index contributed by atoms with van der Waals surface area (Å²) >= 11 is 0. The molecule has 0 radical (unpaired) electrons. The third kappa shape index (κ3) is 9.18. The van der Waals surface area contributed by atoms with Gasteiger partial charge in [0.2, 0.25) is 21.8 Å². The van der Waals surface area contributed by atoms with Crippen molar-refractivity contribution in [2.75, 3.05) is 37.3 Å². The summed E-state index contributed by atoms with van der Waals surface area (Å²) in [7, 11) is -2.05. The number of rotatable bonds is 14. The number of hydrogen-bond acceptors (Lipinski definition) is 5. The lowest BCUT2D eigenvalue weighted by molar-refractivity contribution is -0.140. The summed E-state index contributed by atoms with van der Waals surface area (Å²) in [5, 5.41) is 2.91. The van der Waals surface area contributed by atoms with E-state index < -0.39 is 16.1 Å². The van der Waals surface area contributed by atoms with Crippen LogP contribution in [0.4, 0.5) is 5.69 Å². The Hall–Kier alpha value is -3.07. The van der Waals surface area contributed by atoms with E-state index in [0.717, 1.165) is 11.8 Å². The second kappa shape index (κ2) is 13.9. The molecule has 0 saturated carbocycles. The fourth-order valence-corrected chi connectivity index (χ4v) is 4.75. The molecule has 0 heterocycles. The van der Waals surface area contributed by atoms with Crippen LogP contribution >= 0.6 is 0 Å². The Balaban J connectivity index is 2.11. The molecule has 0 spiro atoms. The second-order valence-corrected chi connectivity index (χ2v) is 11.2. The van der Waals surface area contributed by atoms with Gasteiger partial charge in [-0.05, 0) is 43.4 Å². The highest BCUT2D eigenvalue weighted by Gasteiger charge is 2.26. The van der Waals surface area contributed by atoms with Crippen molar-refractivity contribution in [1.82, 2.24) is 10.2 Å². The number of nitrogens with zero attached hydrogens (tertiary/aromatic N) is 2. The van der Waals surface area contributed by atoms with Crippen LogP contribution in [0.15, 0.2) is 54.6 Å². The van der Waals surface area contributed by atoms with E-state index in [-0.39, 0.29) is 24.8 Å². The van der Waals surface area contributed by atoms with Gasteiger partial charge in [-0.3, -0.25) is 13.9 Å². The molecule has 9 heteroatoms. The van der Waals surface area contributed by atoms with Gasteiger partial charge in [-0.15, -0.1) is 0 Å². The van der Waals surface area contributed by atoms with Crippen molar-refractivity contribution in [1.29, 1.82) is 0 Å². The summed E-state index contributed by atoms with van der Waals surface area (Å²) in [5.74, 6) is 0.468. The largest absolute Gasteiger partial charge is 0.497 e. The number of amides is 2. The van der Waals surface area contributed by atoms with Gasteiger partial charge in [0.1, 0.15) is 11.8 Å². The zero-order valence-corrected chi connectivity index (χ0v) is 22.8. The summed E-state index contributed by atoms with van der Waals surface area (Å²) in [5.41, 5.74) is 1.55. The molecule has 2 aromatic carbocycles. The minimum absolute atomic E-state index is 0.118. The van der Waals surface area contributed by atoms with Crippen LogP contribution in [0.3, 0.4) is 0 Å². The van der Waals surface area contributed by atoms with Crippen LogP contribution in [0.1, 0.15) is 39.2 Å². The molecule has 198 valence electrons. The Morgan fingerprint density at radius 2 is 1.69 bits per heavy atom. The average Bonchev–Trinajstić information content (AvgIpc) is 2.84. The molecule has 0 bridgehead atoms. The van der Waals surface area contributed by atoms with Crippen molar-refractivity contribution in [3.8, 4) is 5.75 Å². The SMILES string of the molecule is COc1cccc(N(CCCC(=O)N(CCc2ccccc2)C(C)C(=O)NCC(C)C)S(C)(=O)=O)c1. The van der Waals surface area contributed by atoms with E-state index in [1.165, 1.54) is 11.4 Å². The first-order chi connectivity index (χ1) is 17.0. The second-order valence-electron chi connectivity index (χ2n) is 9.28. The lowest BCUT2D eigenvalue weighted by Gasteiger charge is -2.29. The van der Waals surface area contributed by atoms with Crippen LogP contribution in [0.5, 0.6) is 5.75 Å². The monoisotopic (exact) mass is 517 g/mol. The minimum Gasteiger partial charge on any atom is -0.497 e. The first kappa shape index (κ1) is 29.2. The number of methoxy groups -OCH3 is 1. The highest BCUT2D eigenvalue weighted by Crippen LogP contribution is 2.23. The van der Waals surface area contributed by atoms with E-state index in [9.17, 15) is 18.0 Å². The van der Waals surface area contributed by atoms with E-state index in [1.54, 1.807) is 36.1 Å². The Bertz CT molecular complexity index is 1090. The van der Waals surface area contributed by atoms with Gasteiger partial charge in [-0.2, -0.15) is 0 Å². The molecule has 8 nitrogen and oxygen atoms in total. The number of hydrogen-bond donors (Lipinski definition) is 1. The lowest BCUT2D eigenvalue weighted by atomic mass is 10.1. The first-order valence-electron chi connectivity index (χ1n) is 12.3. The standard InChI is InChI=1S/C27H39N3O5S/c1-21(2)20-28-27(32)22(3)29(18-16-23-11-7-6-8-12-23)26(31)15-10-17-30(36(5,33)34)24-13-9-14-25(19-24)35-4/h6-9,11-14,19,21-22H,10,15-18,20H2,1-5H3,(H,28,32). The van der Waals surface area contributed by atoms with E-state index >= 15 is 0 Å². The van der Waals surface area contributed by atoms with Crippen molar-refractivity contribution < 1.29 is 22.7 Å². The number of carbonyl (C=O) groups excluding carboxylic acids is 2. The molecule has 0 saturated heterocycles. The molecule has 2 amide bonds. The zero-order valence-electron chi connectivity index (χ0n) is 21.9. The Morgan fingerprint density at radius 1 is 1.00 bits per heavy atom. The summed E-state index contributed by atoms with van der Waals surface area (Å²) < 4.78 is 31.4. The molecule has 0 fully saturated rings.